The number of anilines is 1. The molecule has 0 bridgehead atoms. The summed E-state index contributed by atoms with van der Waals surface area (Å²) in [6, 6.07) is 30.7. The van der Waals surface area contributed by atoms with Crippen molar-refractivity contribution >= 4 is 22.4 Å². The topological polar surface area (TPSA) is 38.3 Å². The molecule has 0 radical (unpaired) electrons. The van der Waals surface area contributed by atoms with Gasteiger partial charge < -0.3 is 10.1 Å². The number of nitrogens with one attached hydrogen (secondary N) is 1. The molecule has 1 aliphatic rings. The quantitative estimate of drug-likeness (QED) is 0.480. The summed E-state index contributed by atoms with van der Waals surface area (Å²) in [5, 5.41) is 5.42. The van der Waals surface area contributed by atoms with Crippen LogP contribution in [0.1, 0.15) is 29.0 Å². The smallest absolute Gasteiger partial charge is 0.225 e. The van der Waals surface area contributed by atoms with Crippen molar-refractivity contribution < 1.29 is 9.53 Å². The zero-order valence-electron chi connectivity index (χ0n) is 16.0. The van der Waals surface area contributed by atoms with Gasteiger partial charge in [-0.25, -0.2) is 0 Å². The molecule has 4 aromatic carbocycles. The van der Waals surface area contributed by atoms with Gasteiger partial charge in [-0.2, -0.15) is 0 Å². The highest BCUT2D eigenvalue weighted by molar-refractivity contribution is 6.01. The fraction of sp³-hybridized carbons (Fsp3) is 0.115. The zero-order chi connectivity index (χ0) is 19.6. The molecule has 0 aromatic heterocycles. The molecule has 0 saturated heterocycles. The molecule has 0 fully saturated rings. The van der Waals surface area contributed by atoms with Crippen LogP contribution in [0.2, 0.25) is 0 Å². The number of hydrogen-bond acceptors (Lipinski definition) is 2. The van der Waals surface area contributed by atoms with Gasteiger partial charge in [0.1, 0.15) is 12.4 Å². The normalized spacial score (nSPS) is 15.6. The highest BCUT2D eigenvalue weighted by Crippen LogP contribution is 2.41. The lowest BCUT2D eigenvalue weighted by molar-refractivity contribution is -0.116. The van der Waals surface area contributed by atoms with Gasteiger partial charge in [-0.15, -0.1) is 0 Å². The fourth-order valence-corrected chi connectivity index (χ4v) is 4.09. The number of ether oxygens (including phenoxy) is 1. The van der Waals surface area contributed by atoms with Crippen LogP contribution >= 0.6 is 0 Å². The molecule has 1 heterocycles. The predicted octanol–water partition coefficient (Wildman–Crippen LogP) is 5.89. The summed E-state index contributed by atoms with van der Waals surface area (Å²) in [6.07, 6.45) is 0.450. The summed E-state index contributed by atoms with van der Waals surface area (Å²) in [7, 11) is 0. The third-order valence-electron chi connectivity index (χ3n) is 5.51. The Morgan fingerprint density at radius 2 is 1.59 bits per heavy atom. The Kier molecular flexibility index (Phi) is 4.49. The van der Waals surface area contributed by atoms with Crippen molar-refractivity contribution in [2.45, 2.75) is 18.9 Å². The number of amides is 1. The number of carbonyl (C=O) groups is 1. The van der Waals surface area contributed by atoms with Crippen molar-refractivity contribution in [3.8, 4) is 5.75 Å². The average Bonchev–Trinajstić information content (AvgIpc) is 2.78. The van der Waals surface area contributed by atoms with Gasteiger partial charge in [-0.1, -0.05) is 72.8 Å². The summed E-state index contributed by atoms with van der Waals surface area (Å²) < 4.78 is 5.92. The highest BCUT2D eigenvalue weighted by atomic mass is 16.5. The predicted molar refractivity (Wildman–Crippen MR) is 116 cm³/mol. The monoisotopic (exact) mass is 379 g/mol. The molecule has 1 unspecified atom stereocenters. The van der Waals surface area contributed by atoms with Gasteiger partial charge in [-0.3, -0.25) is 4.79 Å². The second kappa shape index (κ2) is 7.44. The van der Waals surface area contributed by atoms with E-state index in [9.17, 15) is 4.79 Å². The Balaban J connectivity index is 1.45. The van der Waals surface area contributed by atoms with Crippen molar-refractivity contribution in [3.05, 3.63) is 108 Å². The van der Waals surface area contributed by atoms with E-state index in [-0.39, 0.29) is 11.8 Å². The van der Waals surface area contributed by atoms with Crippen molar-refractivity contribution in [3.63, 3.8) is 0 Å². The number of fused-ring (bicyclic) bond motifs is 3. The first-order valence-corrected chi connectivity index (χ1v) is 9.86. The maximum absolute atomic E-state index is 12.3. The Labute approximate surface area is 170 Å². The summed E-state index contributed by atoms with van der Waals surface area (Å²) in [6.45, 7) is 0.541. The van der Waals surface area contributed by atoms with E-state index in [1.54, 1.807) is 0 Å². The number of rotatable bonds is 4. The molecule has 142 valence electrons. The van der Waals surface area contributed by atoms with Crippen LogP contribution in [0, 0.1) is 0 Å². The molecule has 0 aliphatic carbocycles. The van der Waals surface area contributed by atoms with Gasteiger partial charge in [0, 0.05) is 18.0 Å². The standard InChI is InChI=1S/C26H21NO2/c28-25-16-23(26-22-9-5-4-8-19(22)12-15-24(26)27-25)20-10-13-21(14-11-20)29-17-18-6-2-1-3-7-18/h1-15,23H,16-17H2,(H,27,28). The molecule has 29 heavy (non-hydrogen) atoms. The van der Waals surface area contributed by atoms with Gasteiger partial charge in [-0.05, 0) is 45.7 Å². The molecule has 4 aromatic rings. The molecule has 5 rings (SSSR count). The largest absolute Gasteiger partial charge is 0.489 e. The minimum absolute atomic E-state index is 0.0352. The van der Waals surface area contributed by atoms with Gasteiger partial charge in [0.05, 0.1) is 0 Å². The second-order valence-corrected chi connectivity index (χ2v) is 7.40. The third-order valence-corrected chi connectivity index (χ3v) is 5.51. The molecular weight excluding hydrogens is 358 g/mol. The zero-order valence-corrected chi connectivity index (χ0v) is 16.0. The van der Waals surface area contributed by atoms with E-state index in [1.807, 2.05) is 42.5 Å². The summed E-state index contributed by atoms with van der Waals surface area (Å²) in [4.78, 5) is 12.3. The van der Waals surface area contributed by atoms with E-state index in [4.69, 9.17) is 4.74 Å². The van der Waals surface area contributed by atoms with E-state index in [0.29, 0.717) is 13.0 Å². The lowest BCUT2D eigenvalue weighted by atomic mass is 9.82. The SMILES string of the molecule is O=C1CC(c2ccc(OCc3ccccc3)cc2)c2c(ccc3ccccc23)N1. The summed E-state index contributed by atoms with van der Waals surface area (Å²) in [5.74, 6) is 0.922. The third kappa shape index (κ3) is 3.47. The van der Waals surface area contributed by atoms with Gasteiger partial charge in [0.25, 0.3) is 0 Å². The summed E-state index contributed by atoms with van der Waals surface area (Å²) in [5.41, 5.74) is 4.38. The van der Waals surface area contributed by atoms with E-state index in [1.165, 1.54) is 16.3 Å². The van der Waals surface area contributed by atoms with Crippen LogP contribution in [0.4, 0.5) is 5.69 Å². The maximum atomic E-state index is 12.3. The minimum atomic E-state index is 0.0352. The molecule has 0 spiro atoms. The van der Waals surface area contributed by atoms with Crippen LogP contribution in [0.5, 0.6) is 5.75 Å². The van der Waals surface area contributed by atoms with Gasteiger partial charge in [0.2, 0.25) is 5.91 Å². The van der Waals surface area contributed by atoms with Crippen LogP contribution in [0.3, 0.4) is 0 Å². The Morgan fingerprint density at radius 1 is 0.828 bits per heavy atom. The van der Waals surface area contributed by atoms with E-state index in [0.717, 1.165) is 22.6 Å². The van der Waals surface area contributed by atoms with Crippen LogP contribution in [0.25, 0.3) is 10.8 Å². The Morgan fingerprint density at radius 3 is 2.41 bits per heavy atom. The van der Waals surface area contributed by atoms with E-state index >= 15 is 0 Å². The van der Waals surface area contributed by atoms with Crippen LogP contribution in [-0.2, 0) is 11.4 Å². The average molecular weight is 379 g/mol. The van der Waals surface area contributed by atoms with E-state index < -0.39 is 0 Å². The van der Waals surface area contributed by atoms with Gasteiger partial charge >= 0.3 is 0 Å². The van der Waals surface area contributed by atoms with Crippen molar-refractivity contribution in [1.29, 1.82) is 0 Å². The summed E-state index contributed by atoms with van der Waals surface area (Å²) >= 11 is 0. The van der Waals surface area contributed by atoms with Crippen molar-refractivity contribution in [2.75, 3.05) is 5.32 Å². The first kappa shape index (κ1) is 17.5. The van der Waals surface area contributed by atoms with Crippen molar-refractivity contribution in [2.24, 2.45) is 0 Å². The van der Waals surface area contributed by atoms with Crippen molar-refractivity contribution in [1.82, 2.24) is 0 Å². The highest BCUT2D eigenvalue weighted by Gasteiger charge is 2.28. The second-order valence-electron chi connectivity index (χ2n) is 7.40. The minimum Gasteiger partial charge on any atom is -0.489 e. The Bertz CT molecular complexity index is 1170. The van der Waals surface area contributed by atoms with Crippen LogP contribution in [0.15, 0.2) is 91.0 Å². The first-order chi connectivity index (χ1) is 14.3. The Hall–Kier alpha value is -3.59. The van der Waals surface area contributed by atoms with Gasteiger partial charge in [0.15, 0.2) is 0 Å². The lowest BCUT2D eigenvalue weighted by Crippen LogP contribution is -2.23. The van der Waals surface area contributed by atoms with E-state index in [2.05, 4.69) is 53.8 Å². The fourth-order valence-electron chi connectivity index (χ4n) is 4.09. The number of benzene rings is 4. The molecular formula is C26H21NO2. The number of carbonyl (C=O) groups excluding carboxylic acids is 1. The van der Waals surface area contributed by atoms with Crippen LogP contribution in [-0.4, -0.2) is 5.91 Å². The molecule has 1 amide bonds. The molecule has 1 aliphatic heterocycles. The maximum Gasteiger partial charge on any atom is 0.225 e. The molecule has 3 heteroatoms. The van der Waals surface area contributed by atoms with Crippen LogP contribution < -0.4 is 10.1 Å². The molecule has 1 atom stereocenters. The molecule has 0 saturated carbocycles. The number of hydrogen-bond donors (Lipinski definition) is 1. The lowest BCUT2D eigenvalue weighted by Gasteiger charge is -2.27. The first-order valence-electron chi connectivity index (χ1n) is 9.86. The molecule has 3 nitrogen and oxygen atoms in total. The molecule has 1 N–H and O–H groups in total.